The summed E-state index contributed by atoms with van der Waals surface area (Å²) in [6.07, 6.45) is 1.47. The van der Waals surface area contributed by atoms with Gasteiger partial charge in [0.2, 0.25) is 0 Å². The summed E-state index contributed by atoms with van der Waals surface area (Å²) < 4.78 is 4.99. The smallest absolute Gasteiger partial charge is 0.305 e. The minimum absolute atomic E-state index is 0.267. The van der Waals surface area contributed by atoms with Gasteiger partial charge in [0.15, 0.2) is 5.76 Å². The fourth-order valence-corrected chi connectivity index (χ4v) is 1.33. The first kappa shape index (κ1) is 10.3. The Morgan fingerprint density at radius 2 is 1.94 bits per heavy atom. The van der Waals surface area contributed by atoms with Crippen LogP contribution < -0.4 is 10.4 Å². The second kappa shape index (κ2) is 4.53. The van der Waals surface area contributed by atoms with E-state index in [2.05, 4.69) is 5.43 Å². The van der Waals surface area contributed by atoms with Crippen LogP contribution in [0.4, 0.5) is 5.69 Å². The SMILES string of the molecule is CN(NC(=O)c1ccco1)c1ccccc1. The first-order valence-corrected chi connectivity index (χ1v) is 4.90. The van der Waals surface area contributed by atoms with Gasteiger partial charge in [0.25, 0.3) is 0 Å². The molecule has 0 saturated heterocycles. The highest BCUT2D eigenvalue weighted by molar-refractivity contribution is 5.92. The van der Waals surface area contributed by atoms with E-state index in [1.54, 1.807) is 24.2 Å². The van der Waals surface area contributed by atoms with Crippen molar-refractivity contribution in [2.45, 2.75) is 0 Å². The molecule has 0 radical (unpaired) electrons. The lowest BCUT2D eigenvalue weighted by molar-refractivity contribution is 0.0924. The highest BCUT2D eigenvalue weighted by atomic mass is 16.3. The number of anilines is 1. The predicted molar refractivity (Wildman–Crippen MR) is 61.0 cm³/mol. The molecule has 1 aromatic heterocycles. The fraction of sp³-hybridized carbons (Fsp3) is 0.0833. The molecule has 82 valence electrons. The first-order chi connectivity index (χ1) is 7.77. The number of rotatable bonds is 3. The minimum atomic E-state index is -0.267. The van der Waals surface area contributed by atoms with Gasteiger partial charge < -0.3 is 4.42 Å². The van der Waals surface area contributed by atoms with Crippen LogP contribution in [0.1, 0.15) is 10.6 Å². The predicted octanol–water partition coefficient (Wildman–Crippen LogP) is 2.06. The molecule has 2 rings (SSSR count). The van der Waals surface area contributed by atoms with Gasteiger partial charge in [-0.15, -0.1) is 0 Å². The third-order valence-corrected chi connectivity index (χ3v) is 2.16. The van der Waals surface area contributed by atoms with E-state index in [0.717, 1.165) is 5.69 Å². The quantitative estimate of drug-likeness (QED) is 0.799. The minimum Gasteiger partial charge on any atom is -0.459 e. The Morgan fingerprint density at radius 3 is 2.56 bits per heavy atom. The topological polar surface area (TPSA) is 45.5 Å². The number of hydrogen-bond acceptors (Lipinski definition) is 3. The Labute approximate surface area is 93.5 Å². The molecule has 2 aromatic rings. The van der Waals surface area contributed by atoms with Crippen LogP contribution in [0, 0.1) is 0 Å². The second-order valence-electron chi connectivity index (χ2n) is 3.31. The lowest BCUT2D eigenvalue weighted by Gasteiger charge is -2.19. The van der Waals surface area contributed by atoms with E-state index in [4.69, 9.17) is 4.42 Å². The summed E-state index contributed by atoms with van der Waals surface area (Å²) in [6.45, 7) is 0. The van der Waals surface area contributed by atoms with Crippen molar-refractivity contribution in [3.05, 3.63) is 54.5 Å². The van der Waals surface area contributed by atoms with E-state index in [-0.39, 0.29) is 5.91 Å². The molecule has 0 aliphatic heterocycles. The van der Waals surface area contributed by atoms with Crippen molar-refractivity contribution in [2.75, 3.05) is 12.1 Å². The van der Waals surface area contributed by atoms with E-state index >= 15 is 0 Å². The number of furan rings is 1. The van der Waals surface area contributed by atoms with Crippen LogP contribution in [0.2, 0.25) is 0 Å². The van der Waals surface area contributed by atoms with E-state index < -0.39 is 0 Å². The number of nitrogens with zero attached hydrogens (tertiary/aromatic N) is 1. The summed E-state index contributed by atoms with van der Waals surface area (Å²) in [7, 11) is 1.77. The highest BCUT2D eigenvalue weighted by Gasteiger charge is 2.10. The number of carbonyl (C=O) groups is 1. The summed E-state index contributed by atoms with van der Waals surface area (Å²) in [5, 5.41) is 1.64. The highest BCUT2D eigenvalue weighted by Crippen LogP contribution is 2.09. The molecule has 0 saturated carbocycles. The van der Waals surface area contributed by atoms with Crippen LogP contribution in [0.5, 0.6) is 0 Å². The van der Waals surface area contributed by atoms with Crippen molar-refractivity contribution in [3.63, 3.8) is 0 Å². The Morgan fingerprint density at radius 1 is 1.19 bits per heavy atom. The molecule has 0 unspecified atom stereocenters. The zero-order valence-electron chi connectivity index (χ0n) is 8.88. The third kappa shape index (κ3) is 2.23. The lowest BCUT2D eigenvalue weighted by Crippen LogP contribution is -2.39. The number of hydrazine groups is 1. The molecule has 1 heterocycles. The molecule has 1 aromatic carbocycles. The summed E-state index contributed by atoms with van der Waals surface area (Å²) in [6, 6.07) is 12.8. The van der Waals surface area contributed by atoms with Gasteiger partial charge in [-0.2, -0.15) is 0 Å². The van der Waals surface area contributed by atoms with Gasteiger partial charge in [-0.05, 0) is 24.3 Å². The molecule has 4 nitrogen and oxygen atoms in total. The van der Waals surface area contributed by atoms with Crippen molar-refractivity contribution < 1.29 is 9.21 Å². The van der Waals surface area contributed by atoms with Crippen LogP contribution in [0.15, 0.2) is 53.1 Å². The number of amides is 1. The largest absolute Gasteiger partial charge is 0.459 e. The Hall–Kier alpha value is -2.23. The number of para-hydroxylation sites is 1. The molecule has 0 aliphatic carbocycles. The van der Waals surface area contributed by atoms with E-state index in [1.807, 2.05) is 30.3 Å². The molecule has 1 amide bonds. The van der Waals surface area contributed by atoms with Crippen LogP contribution in [0.25, 0.3) is 0 Å². The molecule has 4 heteroatoms. The average Bonchev–Trinajstić information content (AvgIpc) is 2.83. The zero-order chi connectivity index (χ0) is 11.4. The third-order valence-electron chi connectivity index (χ3n) is 2.16. The van der Waals surface area contributed by atoms with Crippen LogP contribution in [0.3, 0.4) is 0 Å². The van der Waals surface area contributed by atoms with E-state index in [1.165, 1.54) is 6.26 Å². The van der Waals surface area contributed by atoms with Gasteiger partial charge in [-0.3, -0.25) is 15.2 Å². The van der Waals surface area contributed by atoms with Crippen LogP contribution >= 0.6 is 0 Å². The molecular weight excluding hydrogens is 204 g/mol. The summed E-state index contributed by atoms with van der Waals surface area (Å²) in [4.78, 5) is 11.6. The molecule has 0 bridgehead atoms. The molecule has 1 N–H and O–H groups in total. The van der Waals surface area contributed by atoms with Gasteiger partial charge in [0.1, 0.15) is 0 Å². The van der Waals surface area contributed by atoms with Crippen molar-refractivity contribution in [1.82, 2.24) is 5.43 Å². The molecule has 0 atom stereocenters. The fourth-order valence-electron chi connectivity index (χ4n) is 1.33. The van der Waals surface area contributed by atoms with E-state index in [9.17, 15) is 4.79 Å². The molecule has 0 spiro atoms. The van der Waals surface area contributed by atoms with Crippen LogP contribution in [-0.2, 0) is 0 Å². The molecule has 0 aliphatic rings. The van der Waals surface area contributed by atoms with Gasteiger partial charge >= 0.3 is 5.91 Å². The Balaban J connectivity index is 2.03. The number of carbonyl (C=O) groups excluding carboxylic acids is 1. The maximum atomic E-state index is 11.6. The molecular formula is C12H12N2O2. The van der Waals surface area contributed by atoms with Crippen LogP contribution in [-0.4, -0.2) is 13.0 Å². The Bertz CT molecular complexity index is 451. The molecule has 16 heavy (non-hydrogen) atoms. The van der Waals surface area contributed by atoms with Crippen molar-refractivity contribution in [1.29, 1.82) is 0 Å². The number of hydrogen-bond donors (Lipinski definition) is 1. The summed E-state index contributed by atoms with van der Waals surface area (Å²) in [5.41, 5.74) is 3.60. The van der Waals surface area contributed by atoms with Crippen molar-refractivity contribution in [3.8, 4) is 0 Å². The van der Waals surface area contributed by atoms with Crippen molar-refractivity contribution >= 4 is 11.6 Å². The lowest BCUT2D eigenvalue weighted by atomic mass is 10.3. The number of nitrogens with one attached hydrogen (secondary N) is 1. The van der Waals surface area contributed by atoms with Gasteiger partial charge in [-0.1, -0.05) is 18.2 Å². The van der Waals surface area contributed by atoms with Crippen molar-refractivity contribution in [2.24, 2.45) is 0 Å². The standard InChI is InChI=1S/C12H12N2O2/c1-14(10-6-3-2-4-7-10)13-12(15)11-8-5-9-16-11/h2-9H,1H3,(H,13,15). The molecule has 0 fully saturated rings. The second-order valence-corrected chi connectivity index (χ2v) is 3.31. The first-order valence-electron chi connectivity index (χ1n) is 4.90. The normalized spacial score (nSPS) is 9.81. The summed E-state index contributed by atoms with van der Waals surface area (Å²) in [5.74, 6) is 0.0270. The maximum Gasteiger partial charge on any atom is 0.305 e. The summed E-state index contributed by atoms with van der Waals surface area (Å²) >= 11 is 0. The van der Waals surface area contributed by atoms with E-state index in [0.29, 0.717) is 5.76 Å². The Kier molecular flexibility index (Phi) is 2.91. The van der Waals surface area contributed by atoms with Gasteiger partial charge in [0.05, 0.1) is 12.0 Å². The monoisotopic (exact) mass is 216 g/mol. The zero-order valence-corrected chi connectivity index (χ0v) is 8.88. The van der Waals surface area contributed by atoms with Gasteiger partial charge in [0, 0.05) is 7.05 Å². The van der Waals surface area contributed by atoms with Gasteiger partial charge in [-0.25, -0.2) is 0 Å². The average molecular weight is 216 g/mol. The maximum absolute atomic E-state index is 11.6. The number of benzene rings is 1.